The standard InChI is InChI=1S/C8H12F3NO8.C8H12F3NO6.OS/c9-8(10,11)7(16)12-3-5(14)4(13)2(1-18-20-17)19-6(3)15;9-8(10,11)7(17)12-3-5(15)4(14)2(1-13)18-6(3)16;1-2/h2-6,13-15,17H,1H2,(H,12,16);2-6,13-16H,1H2,(H,12,17);/p-1/t2*2?,3?,4-,5-,6?;/m11./s1. The van der Waals surface area contributed by atoms with Gasteiger partial charge in [-0.3, -0.25) is 14.6 Å². The summed E-state index contributed by atoms with van der Waals surface area (Å²) < 4.78 is 89.1. The molecule has 2 rings (SSSR count). The van der Waals surface area contributed by atoms with Crippen molar-refractivity contribution < 1.29 is 101 Å². The molecule has 0 aromatic heterocycles. The Morgan fingerprint density at radius 2 is 1.10 bits per heavy atom. The zero-order valence-corrected chi connectivity index (χ0v) is 20.1. The van der Waals surface area contributed by atoms with Crippen molar-refractivity contribution in [1.82, 2.24) is 10.6 Å². The maximum Gasteiger partial charge on any atom is 0.471 e. The minimum atomic E-state index is -5.24. The summed E-state index contributed by atoms with van der Waals surface area (Å²) in [4.78, 5) is 25.2. The Labute approximate surface area is 223 Å². The van der Waals surface area contributed by atoms with Crippen LogP contribution < -0.4 is 15.9 Å². The second-order valence-corrected chi connectivity index (χ2v) is 7.62. The van der Waals surface area contributed by atoms with Gasteiger partial charge in [-0.2, -0.15) is 30.6 Å². The van der Waals surface area contributed by atoms with Gasteiger partial charge in [0, 0.05) is 0 Å². The molecule has 10 atom stereocenters. The van der Waals surface area contributed by atoms with Crippen LogP contribution in [0.2, 0.25) is 0 Å². The Morgan fingerprint density at radius 1 is 0.750 bits per heavy atom. The van der Waals surface area contributed by atoms with Gasteiger partial charge >= 0.3 is 24.2 Å². The van der Waals surface area contributed by atoms with Crippen LogP contribution in [0.4, 0.5) is 26.3 Å². The number of carbonyl (C=O) groups is 2. The van der Waals surface area contributed by atoms with Gasteiger partial charge in [-0.15, -0.1) is 0 Å². The highest BCUT2D eigenvalue weighted by atomic mass is 32.1. The van der Waals surface area contributed by atoms with Gasteiger partial charge in [0.1, 0.15) is 55.3 Å². The quantitative estimate of drug-likeness (QED) is 0.0751. The first-order valence-electron chi connectivity index (χ1n) is 10.2. The lowest BCUT2D eigenvalue weighted by Crippen LogP contribution is -2.65. The topological polar surface area (TPSA) is 277 Å². The summed E-state index contributed by atoms with van der Waals surface area (Å²) in [5, 5.41) is 80.4. The Morgan fingerprint density at radius 3 is 1.43 bits per heavy atom. The van der Waals surface area contributed by atoms with E-state index in [1.807, 2.05) is 0 Å². The first-order chi connectivity index (χ1) is 18.4. The molecule has 6 unspecified atom stereocenters. The van der Waals surface area contributed by atoms with E-state index in [9.17, 15) is 71.8 Å². The van der Waals surface area contributed by atoms with E-state index in [-0.39, 0.29) is 0 Å². The van der Waals surface area contributed by atoms with Gasteiger partial charge in [0.2, 0.25) is 0 Å². The molecular weight excluding hydrogens is 606 g/mol. The van der Waals surface area contributed by atoms with Crippen LogP contribution in [0.5, 0.6) is 0 Å². The summed E-state index contributed by atoms with van der Waals surface area (Å²) in [6.45, 7) is -1.45. The van der Waals surface area contributed by atoms with Gasteiger partial charge in [0.15, 0.2) is 25.1 Å². The normalized spacial score (nSPS) is 34.4. The fraction of sp³-hybridized carbons (Fsp3) is 0.875. The molecule has 236 valence electrons. The van der Waals surface area contributed by atoms with Crippen LogP contribution in [-0.4, -0.2) is 139 Å². The predicted molar refractivity (Wildman–Crippen MR) is 104 cm³/mol. The summed E-state index contributed by atoms with van der Waals surface area (Å²) >= 11 is 2.83. The van der Waals surface area contributed by atoms with E-state index < -0.39 is 98.7 Å². The molecule has 0 saturated carbocycles. The van der Waals surface area contributed by atoms with E-state index >= 15 is 0 Å². The van der Waals surface area contributed by atoms with Crippen molar-refractivity contribution in [2.45, 2.75) is 73.6 Å². The van der Waals surface area contributed by atoms with Gasteiger partial charge in [-0.1, -0.05) is 0 Å². The molecule has 2 fully saturated rings. The Kier molecular flexibility index (Phi) is 15.7. The first kappa shape index (κ1) is 38.1. The van der Waals surface area contributed by atoms with E-state index in [0.29, 0.717) is 0 Å². The minimum absolute atomic E-state index is 0.696. The minimum Gasteiger partial charge on any atom is -0.692 e. The van der Waals surface area contributed by atoms with E-state index in [0.717, 1.165) is 0 Å². The molecule has 24 heteroatoms. The van der Waals surface area contributed by atoms with E-state index in [1.54, 1.807) is 0 Å². The van der Waals surface area contributed by atoms with Crippen molar-refractivity contribution in [1.29, 1.82) is 0 Å². The molecule has 0 bridgehead atoms. The van der Waals surface area contributed by atoms with Crippen LogP contribution in [0, 0.1) is 0 Å². The smallest absolute Gasteiger partial charge is 0.471 e. The highest BCUT2D eigenvalue weighted by molar-refractivity contribution is 7.44. The molecule has 0 spiro atoms. The lowest BCUT2D eigenvalue weighted by Gasteiger charge is -2.40. The van der Waals surface area contributed by atoms with Crippen molar-refractivity contribution >= 4 is 24.3 Å². The van der Waals surface area contributed by atoms with Gasteiger partial charge in [0.25, 0.3) is 0 Å². The molecule has 0 aliphatic carbocycles. The third kappa shape index (κ3) is 10.8. The number of hydrogen-bond donors (Lipinski definition) is 9. The monoisotopic (exact) mass is 629 g/mol. The number of aliphatic hydroxyl groups excluding tert-OH is 7. The van der Waals surface area contributed by atoms with Crippen molar-refractivity contribution in [3.05, 3.63) is 0 Å². The Balaban J connectivity index is 0.000000719. The number of nitrogens with one attached hydrogen (secondary N) is 2. The molecule has 40 heavy (non-hydrogen) atoms. The zero-order valence-electron chi connectivity index (χ0n) is 19.3. The zero-order chi connectivity index (χ0) is 31.6. The maximum absolute atomic E-state index is 12.0. The second-order valence-electron chi connectivity index (χ2n) is 7.62. The summed E-state index contributed by atoms with van der Waals surface area (Å²) in [6.07, 6.45) is -24.7. The number of ether oxygens (including phenoxy) is 2. The third-order valence-corrected chi connectivity index (χ3v) is 5.01. The fourth-order valence-corrected chi connectivity index (χ4v) is 3.05. The van der Waals surface area contributed by atoms with Crippen LogP contribution in [0.1, 0.15) is 0 Å². The molecule has 2 heterocycles. The van der Waals surface area contributed by atoms with Gasteiger partial charge in [-0.05, 0) is 0 Å². The summed E-state index contributed by atoms with van der Waals surface area (Å²) in [5.41, 5.74) is 0. The molecule has 0 aromatic carbocycles. The van der Waals surface area contributed by atoms with Crippen LogP contribution in [-0.2, 0) is 41.5 Å². The molecule has 2 saturated heterocycles. The van der Waals surface area contributed by atoms with Gasteiger partial charge in [-0.25, -0.2) is 4.89 Å². The van der Waals surface area contributed by atoms with Gasteiger partial charge in [0.05, 0.1) is 6.61 Å². The van der Waals surface area contributed by atoms with E-state index in [1.165, 1.54) is 10.6 Å². The molecule has 2 aliphatic rings. The van der Waals surface area contributed by atoms with Crippen molar-refractivity contribution in [2.24, 2.45) is 0 Å². The number of rotatable bonds is 6. The Hall–Kier alpha value is -1.94. The predicted octanol–water partition coefficient (Wildman–Crippen LogP) is -6.18. The lowest BCUT2D eigenvalue weighted by atomic mass is 9.97. The van der Waals surface area contributed by atoms with Crippen LogP contribution in [0.3, 0.4) is 0 Å². The molecule has 9 N–H and O–H groups in total. The number of aliphatic hydroxyl groups is 7. The number of amides is 2. The van der Waals surface area contributed by atoms with E-state index in [2.05, 4.69) is 31.9 Å². The fourth-order valence-electron chi connectivity index (χ4n) is 3.05. The lowest BCUT2D eigenvalue weighted by molar-refractivity contribution is -0.801. The number of carbonyl (C=O) groups excluding carboxylic acids is 2. The molecule has 0 aromatic rings. The molecular formula is C16H23F6N2O15S-. The van der Waals surface area contributed by atoms with E-state index in [4.69, 9.17) is 9.32 Å². The summed E-state index contributed by atoms with van der Waals surface area (Å²) in [7, 11) is 0. The van der Waals surface area contributed by atoms with Gasteiger partial charge < -0.3 is 61.1 Å². The molecule has 0 radical (unpaired) electrons. The largest absolute Gasteiger partial charge is 0.692 e. The summed E-state index contributed by atoms with van der Waals surface area (Å²) in [5.74, 6) is -4.81. The first-order valence-corrected chi connectivity index (χ1v) is 10.5. The van der Waals surface area contributed by atoms with Crippen LogP contribution >= 0.6 is 0 Å². The molecule has 2 aliphatic heterocycles. The average molecular weight is 629 g/mol. The third-order valence-electron chi connectivity index (χ3n) is 5.01. The maximum atomic E-state index is 12.0. The number of halogens is 6. The number of alkyl halides is 6. The molecule has 2 amide bonds. The highest BCUT2D eigenvalue weighted by Crippen LogP contribution is 2.23. The Bertz CT molecular complexity index is 799. The van der Waals surface area contributed by atoms with Crippen molar-refractivity contribution in [3.63, 3.8) is 0 Å². The van der Waals surface area contributed by atoms with Crippen molar-refractivity contribution in [3.8, 4) is 0 Å². The highest BCUT2D eigenvalue weighted by Gasteiger charge is 2.49. The molecule has 17 nitrogen and oxygen atoms in total. The summed E-state index contributed by atoms with van der Waals surface area (Å²) in [6, 6.07) is -3.76. The van der Waals surface area contributed by atoms with Crippen LogP contribution in [0.15, 0.2) is 0 Å². The second kappa shape index (κ2) is 16.5. The number of hydrogen-bond acceptors (Lipinski definition) is 16. The average Bonchev–Trinajstić information content (AvgIpc) is 2.88. The van der Waals surface area contributed by atoms with Crippen molar-refractivity contribution in [2.75, 3.05) is 13.2 Å². The van der Waals surface area contributed by atoms with Crippen LogP contribution in [0.25, 0.3) is 0 Å². The SMILES string of the molecule is O=C(NC1C(O)OC(CO)[C@@H](O)[C@@H]1O)C(F)(F)F.O=C(NC1C(O)OC(COO[O-])[C@@H](O)[C@@H]1O)C(F)(F)F.O=S.